The molecule has 0 aromatic rings. The largest absolute Gasteiger partial charge is 0.377 e. The molecule has 1 aliphatic rings. The second kappa shape index (κ2) is 6.36. The van der Waals surface area contributed by atoms with E-state index in [4.69, 9.17) is 4.74 Å². The van der Waals surface area contributed by atoms with Gasteiger partial charge >= 0.3 is 0 Å². The van der Waals surface area contributed by atoms with Crippen LogP contribution in [0.1, 0.15) is 41.0 Å². The van der Waals surface area contributed by atoms with Crippen molar-refractivity contribution in [3.8, 4) is 0 Å². The molecule has 1 rings (SSSR count). The Hall–Kier alpha value is -0.120. The molecule has 1 fully saturated rings. The first-order valence-corrected chi connectivity index (χ1v) is 7.25. The van der Waals surface area contributed by atoms with E-state index in [1.54, 1.807) is 0 Å². The number of hydrogen-bond donors (Lipinski definition) is 1. The van der Waals surface area contributed by atoms with Crippen LogP contribution in [0.25, 0.3) is 0 Å². The zero-order chi connectivity index (χ0) is 13.9. The van der Waals surface area contributed by atoms with Crippen LogP contribution in [-0.4, -0.2) is 50.3 Å². The van der Waals surface area contributed by atoms with Crippen LogP contribution in [0.2, 0.25) is 0 Å². The van der Waals surface area contributed by atoms with Crippen molar-refractivity contribution < 1.29 is 4.74 Å². The highest BCUT2D eigenvalue weighted by atomic mass is 16.5. The van der Waals surface area contributed by atoms with Crippen molar-refractivity contribution in [2.24, 2.45) is 11.3 Å². The maximum absolute atomic E-state index is 6.00. The van der Waals surface area contributed by atoms with Gasteiger partial charge in [-0.25, -0.2) is 0 Å². The van der Waals surface area contributed by atoms with Crippen molar-refractivity contribution in [1.29, 1.82) is 0 Å². The Morgan fingerprint density at radius 2 is 1.89 bits per heavy atom. The molecule has 18 heavy (non-hydrogen) atoms. The third kappa shape index (κ3) is 4.22. The maximum atomic E-state index is 6.00. The van der Waals surface area contributed by atoms with Gasteiger partial charge in [-0.2, -0.15) is 0 Å². The molecular weight excluding hydrogens is 224 g/mol. The Morgan fingerprint density at radius 1 is 1.28 bits per heavy atom. The van der Waals surface area contributed by atoms with E-state index in [2.05, 4.69) is 58.9 Å². The van der Waals surface area contributed by atoms with Crippen molar-refractivity contribution >= 4 is 0 Å². The predicted molar refractivity (Wildman–Crippen MR) is 77.9 cm³/mol. The Labute approximate surface area is 113 Å². The van der Waals surface area contributed by atoms with Gasteiger partial charge in [-0.1, -0.05) is 27.7 Å². The third-order valence-corrected chi connectivity index (χ3v) is 3.93. The summed E-state index contributed by atoms with van der Waals surface area (Å²) in [6.07, 6.45) is 1.57. The number of ether oxygens (including phenoxy) is 1. The third-order valence-electron chi connectivity index (χ3n) is 3.93. The summed E-state index contributed by atoms with van der Waals surface area (Å²) >= 11 is 0. The first-order chi connectivity index (χ1) is 8.23. The number of nitrogens with one attached hydrogen (secondary N) is 1. The molecule has 108 valence electrons. The van der Waals surface area contributed by atoms with Crippen LogP contribution < -0.4 is 5.32 Å². The quantitative estimate of drug-likeness (QED) is 0.757. The SMILES string of the molecule is CC(C)COC1CC(NC(C)CN(C)C)C1(C)C. The van der Waals surface area contributed by atoms with Crippen LogP contribution in [0, 0.1) is 11.3 Å². The minimum absolute atomic E-state index is 0.259. The molecule has 1 N–H and O–H groups in total. The zero-order valence-corrected chi connectivity index (χ0v) is 13.3. The minimum atomic E-state index is 0.259. The van der Waals surface area contributed by atoms with E-state index in [9.17, 15) is 0 Å². The Bertz CT molecular complexity index is 251. The molecule has 3 atom stereocenters. The topological polar surface area (TPSA) is 24.5 Å². The van der Waals surface area contributed by atoms with Crippen LogP contribution in [0.3, 0.4) is 0 Å². The van der Waals surface area contributed by atoms with Crippen LogP contribution in [-0.2, 0) is 4.74 Å². The predicted octanol–water partition coefficient (Wildman–Crippen LogP) is 2.37. The molecule has 3 heteroatoms. The summed E-state index contributed by atoms with van der Waals surface area (Å²) in [5.41, 5.74) is 0.259. The van der Waals surface area contributed by atoms with E-state index in [1.807, 2.05) is 0 Å². The molecule has 0 saturated heterocycles. The standard InChI is InChI=1S/C15H32N2O/c1-11(2)10-18-14-8-13(15(14,4)5)16-12(3)9-17(6)7/h11-14,16H,8-10H2,1-7H3. The summed E-state index contributed by atoms with van der Waals surface area (Å²) in [5.74, 6) is 0.625. The number of nitrogens with zero attached hydrogens (tertiary/aromatic N) is 1. The molecule has 0 amide bonds. The number of likely N-dealkylation sites (N-methyl/N-ethyl adjacent to an activating group) is 1. The summed E-state index contributed by atoms with van der Waals surface area (Å²) in [6, 6.07) is 1.12. The van der Waals surface area contributed by atoms with E-state index < -0.39 is 0 Å². The van der Waals surface area contributed by atoms with Gasteiger partial charge in [0.25, 0.3) is 0 Å². The van der Waals surface area contributed by atoms with E-state index in [0.29, 0.717) is 24.1 Å². The lowest BCUT2D eigenvalue weighted by molar-refractivity contribution is -0.125. The summed E-state index contributed by atoms with van der Waals surface area (Å²) in [6.45, 7) is 13.3. The molecule has 3 nitrogen and oxygen atoms in total. The lowest BCUT2D eigenvalue weighted by Gasteiger charge is -2.53. The van der Waals surface area contributed by atoms with Gasteiger partial charge in [-0.05, 0) is 33.4 Å². The highest BCUT2D eigenvalue weighted by Crippen LogP contribution is 2.43. The molecule has 1 aliphatic carbocycles. The fraction of sp³-hybridized carbons (Fsp3) is 1.00. The van der Waals surface area contributed by atoms with Gasteiger partial charge in [0, 0.05) is 30.7 Å². The first-order valence-electron chi connectivity index (χ1n) is 7.25. The summed E-state index contributed by atoms with van der Waals surface area (Å²) in [7, 11) is 4.25. The lowest BCUT2D eigenvalue weighted by atomic mass is 9.64. The van der Waals surface area contributed by atoms with E-state index >= 15 is 0 Å². The van der Waals surface area contributed by atoms with Gasteiger partial charge in [0.05, 0.1) is 6.10 Å². The fourth-order valence-electron chi connectivity index (χ4n) is 2.70. The second-order valence-electron chi connectivity index (χ2n) is 7.16. The highest BCUT2D eigenvalue weighted by molar-refractivity contribution is 5.03. The molecule has 0 spiro atoms. The Morgan fingerprint density at radius 3 is 2.33 bits per heavy atom. The highest BCUT2D eigenvalue weighted by Gasteiger charge is 2.49. The van der Waals surface area contributed by atoms with Crippen LogP contribution in [0.4, 0.5) is 0 Å². The summed E-state index contributed by atoms with van der Waals surface area (Å²) in [5, 5.41) is 3.73. The van der Waals surface area contributed by atoms with Gasteiger partial charge in [0.2, 0.25) is 0 Å². The van der Waals surface area contributed by atoms with E-state index in [0.717, 1.165) is 19.6 Å². The molecule has 0 bridgehead atoms. The maximum Gasteiger partial charge on any atom is 0.0656 e. The zero-order valence-electron chi connectivity index (χ0n) is 13.3. The number of rotatable bonds is 7. The second-order valence-corrected chi connectivity index (χ2v) is 7.16. The van der Waals surface area contributed by atoms with Gasteiger partial charge < -0.3 is 15.0 Å². The van der Waals surface area contributed by atoms with Crippen molar-refractivity contribution in [3.63, 3.8) is 0 Å². The van der Waals surface area contributed by atoms with Crippen molar-refractivity contribution in [2.75, 3.05) is 27.2 Å². The van der Waals surface area contributed by atoms with Gasteiger partial charge in [-0.15, -0.1) is 0 Å². The fourth-order valence-corrected chi connectivity index (χ4v) is 2.70. The molecule has 1 saturated carbocycles. The van der Waals surface area contributed by atoms with Gasteiger partial charge in [0.1, 0.15) is 0 Å². The average molecular weight is 256 g/mol. The van der Waals surface area contributed by atoms with Crippen molar-refractivity contribution in [1.82, 2.24) is 10.2 Å². The monoisotopic (exact) mass is 256 g/mol. The molecular formula is C15H32N2O. The molecule has 0 aliphatic heterocycles. The Kier molecular flexibility index (Phi) is 5.63. The van der Waals surface area contributed by atoms with Crippen molar-refractivity contribution in [3.05, 3.63) is 0 Å². The van der Waals surface area contributed by atoms with Crippen molar-refractivity contribution in [2.45, 2.75) is 59.2 Å². The molecule has 0 aromatic carbocycles. The van der Waals surface area contributed by atoms with E-state index in [-0.39, 0.29) is 5.41 Å². The molecule has 0 aromatic heterocycles. The van der Waals surface area contributed by atoms with Crippen LogP contribution in [0.15, 0.2) is 0 Å². The lowest BCUT2D eigenvalue weighted by Crippen LogP contribution is -2.63. The number of hydrogen-bond acceptors (Lipinski definition) is 3. The molecule has 0 heterocycles. The molecule has 3 unspecified atom stereocenters. The summed E-state index contributed by atoms with van der Waals surface area (Å²) < 4.78 is 6.00. The van der Waals surface area contributed by atoms with E-state index in [1.165, 1.54) is 0 Å². The first kappa shape index (κ1) is 15.9. The minimum Gasteiger partial charge on any atom is -0.377 e. The summed E-state index contributed by atoms with van der Waals surface area (Å²) in [4.78, 5) is 2.23. The smallest absolute Gasteiger partial charge is 0.0656 e. The van der Waals surface area contributed by atoms with Crippen LogP contribution >= 0.6 is 0 Å². The van der Waals surface area contributed by atoms with Gasteiger partial charge in [-0.3, -0.25) is 0 Å². The normalized spacial score (nSPS) is 28.5. The average Bonchev–Trinajstić information content (AvgIpc) is 2.20. The Balaban J connectivity index is 2.34. The van der Waals surface area contributed by atoms with Crippen LogP contribution in [0.5, 0.6) is 0 Å². The van der Waals surface area contributed by atoms with Gasteiger partial charge in [0.15, 0.2) is 0 Å². The molecule has 0 radical (unpaired) electrons.